The molecule has 3 aromatic rings. The summed E-state index contributed by atoms with van der Waals surface area (Å²) in [6.07, 6.45) is 3.47. The van der Waals surface area contributed by atoms with Crippen molar-refractivity contribution in [3.8, 4) is 28.0 Å². The van der Waals surface area contributed by atoms with Crippen LogP contribution in [0.5, 0.6) is 5.75 Å². The average molecular weight is 351 g/mol. The third kappa shape index (κ3) is 2.65. The second-order valence-electron chi connectivity index (χ2n) is 6.06. The number of halogens is 1. The second-order valence-corrected chi connectivity index (χ2v) is 6.47. The molecular formula is C20H15ClN2O2. The van der Waals surface area contributed by atoms with E-state index in [4.69, 9.17) is 11.6 Å². The zero-order valence-electron chi connectivity index (χ0n) is 13.5. The first-order valence-corrected chi connectivity index (χ1v) is 8.25. The number of aromatic nitrogens is 1. The highest BCUT2D eigenvalue weighted by Crippen LogP contribution is 2.38. The van der Waals surface area contributed by atoms with Crippen LogP contribution in [0.25, 0.3) is 22.3 Å². The molecule has 1 aliphatic rings. The quantitative estimate of drug-likeness (QED) is 0.750. The number of benzene rings is 2. The summed E-state index contributed by atoms with van der Waals surface area (Å²) in [6.45, 7) is 0. The van der Waals surface area contributed by atoms with Crippen molar-refractivity contribution >= 4 is 23.2 Å². The molecule has 2 aromatic carbocycles. The first-order chi connectivity index (χ1) is 12.0. The Morgan fingerprint density at radius 2 is 1.76 bits per heavy atom. The van der Waals surface area contributed by atoms with E-state index in [-0.39, 0.29) is 11.7 Å². The predicted octanol–water partition coefficient (Wildman–Crippen LogP) is 4.29. The number of nitrogens with zero attached hydrogens (tertiary/aromatic N) is 2. The van der Waals surface area contributed by atoms with Gasteiger partial charge in [0.15, 0.2) is 0 Å². The summed E-state index contributed by atoms with van der Waals surface area (Å²) in [6, 6.07) is 13.4. The van der Waals surface area contributed by atoms with Crippen molar-refractivity contribution in [1.29, 1.82) is 0 Å². The van der Waals surface area contributed by atoms with E-state index in [1.54, 1.807) is 24.2 Å². The summed E-state index contributed by atoms with van der Waals surface area (Å²) in [7, 11) is 1.76. The summed E-state index contributed by atoms with van der Waals surface area (Å²) in [5.74, 6) is 0.221. The molecule has 25 heavy (non-hydrogen) atoms. The monoisotopic (exact) mass is 350 g/mol. The van der Waals surface area contributed by atoms with Crippen molar-refractivity contribution in [2.24, 2.45) is 0 Å². The summed E-state index contributed by atoms with van der Waals surface area (Å²) < 4.78 is 0. The van der Waals surface area contributed by atoms with Gasteiger partial charge in [-0.1, -0.05) is 35.9 Å². The molecule has 0 saturated carbocycles. The number of aromatic hydroxyl groups is 1. The van der Waals surface area contributed by atoms with Crippen molar-refractivity contribution in [3.05, 3.63) is 65.4 Å². The molecule has 0 aliphatic carbocycles. The van der Waals surface area contributed by atoms with Crippen LogP contribution in [-0.2, 0) is 11.2 Å². The largest absolute Gasteiger partial charge is 0.506 e. The molecule has 0 spiro atoms. The lowest BCUT2D eigenvalue weighted by Crippen LogP contribution is -2.20. The molecule has 1 amide bonds. The number of rotatable bonds is 2. The molecule has 0 atom stereocenters. The Kier molecular flexibility index (Phi) is 3.70. The van der Waals surface area contributed by atoms with Gasteiger partial charge in [0.05, 0.1) is 17.6 Å². The Bertz CT molecular complexity index is 983. The number of likely N-dealkylation sites (N-methyl/N-ethyl adjacent to an activating group) is 1. The Hall–Kier alpha value is -2.85. The van der Waals surface area contributed by atoms with Crippen molar-refractivity contribution in [2.75, 3.05) is 11.9 Å². The third-order valence-corrected chi connectivity index (χ3v) is 4.87. The fraction of sp³-hybridized carbons (Fsp3) is 0.100. The predicted molar refractivity (Wildman–Crippen MR) is 98.9 cm³/mol. The van der Waals surface area contributed by atoms with Crippen molar-refractivity contribution in [1.82, 2.24) is 4.98 Å². The number of pyridine rings is 1. The maximum absolute atomic E-state index is 11.9. The van der Waals surface area contributed by atoms with E-state index in [2.05, 4.69) is 4.98 Å². The van der Waals surface area contributed by atoms with E-state index < -0.39 is 0 Å². The van der Waals surface area contributed by atoms with E-state index in [1.165, 1.54) is 6.20 Å². The number of carbonyl (C=O) groups is 1. The lowest BCUT2D eigenvalue weighted by molar-refractivity contribution is -0.117. The third-order valence-electron chi connectivity index (χ3n) is 4.55. The highest BCUT2D eigenvalue weighted by molar-refractivity contribution is 6.34. The highest BCUT2D eigenvalue weighted by atomic mass is 35.5. The van der Waals surface area contributed by atoms with Crippen LogP contribution in [0.4, 0.5) is 5.69 Å². The second kappa shape index (κ2) is 5.90. The Balaban J connectivity index is 1.73. The van der Waals surface area contributed by atoms with E-state index in [0.29, 0.717) is 11.4 Å². The van der Waals surface area contributed by atoms with Gasteiger partial charge >= 0.3 is 0 Å². The molecule has 124 valence electrons. The number of fused-ring (bicyclic) bond motifs is 1. The van der Waals surface area contributed by atoms with Gasteiger partial charge in [-0.25, -0.2) is 0 Å². The van der Waals surface area contributed by atoms with Gasteiger partial charge in [0.2, 0.25) is 5.91 Å². The van der Waals surface area contributed by atoms with Crippen LogP contribution in [0.15, 0.2) is 54.9 Å². The topological polar surface area (TPSA) is 53.4 Å². The van der Waals surface area contributed by atoms with Crippen LogP contribution >= 0.6 is 11.6 Å². The molecule has 1 N–H and O–H groups in total. The maximum Gasteiger partial charge on any atom is 0.231 e. The highest BCUT2D eigenvalue weighted by Gasteiger charge is 2.25. The van der Waals surface area contributed by atoms with E-state index >= 15 is 0 Å². The molecule has 4 nitrogen and oxygen atoms in total. The number of hydrogen-bond acceptors (Lipinski definition) is 3. The molecule has 5 heteroatoms. The molecular weight excluding hydrogens is 336 g/mol. The van der Waals surface area contributed by atoms with Crippen LogP contribution < -0.4 is 4.90 Å². The first-order valence-electron chi connectivity index (χ1n) is 7.87. The first kappa shape index (κ1) is 15.7. The fourth-order valence-corrected chi connectivity index (χ4v) is 3.43. The Morgan fingerprint density at radius 3 is 2.44 bits per heavy atom. The van der Waals surface area contributed by atoms with Crippen molar-refractivity contribution in [2.45, 2.75) is 6.42 Å². The van der Waals surface area contributed by atoms with E-state index in [0.717, 1.165) is 33.5 Å². The molecule has 0 fully saturated rings. The average Bonchev–Trinajstić information content (AvgIpc) is 2.89. The molecule has 1 aliphatic heterocycles. The minimum atomic E-state index is 0.0757. The van der Waals surface area contributed by atoms with E-state index in [1.807, 2.05) is 36.4 Å². The van der Waals surface area contributed by atoms with Crippen LogP contribution in [-0.4, -0.2) is 23.0 Å². The van der Waals surface area contributed by atoms with Gasteiger partial charge in [0.1, 0.15) is 5.75 Å². The zero-order chi connectivity index (χ0) is 17.6. The van der Waals surface area contributed by atoms with Crippen LogP contribution in [0, 0.1) is 0 Å². The molecule has 0 unspecified atom stereocenters. The molecule has 2 heterocycles. The van der Waals surface area contributed by atoms with Gasteiger partial charge in [0.25, 0.3) is 0 Å². The summed E-state index contributed by atoms with van der Waals surface area (Å²) >= 11 is 6.45. The normalized spacial score (nSPS) is 13.2. The molecule has 0 radical (unpaired) electrons. The summed E-state index contributed by atoms with van der Waals surface area (Å²) in [5, 5.41) is 10.5. The molecule has 0 saturated heterocycles. The van der Waals surface area contributed by atoms with Crippen LogP contribution in [0.2, 0.25) is 5.02 Å². The lowest BCUT2D eigenvalue weighted by Gasteiger charge is -2.13. The van der Waals surface area contributed by atoms with Gasteiger partial charge in [-0.2, -0.15) is 0 Å². The Labute approximate surface area is 150 Å². The standard InChI is InChI=1S/C20H15ClN2O2/c1-23-18-10-17(21)16(8-14(18)9-20(23)25)13-4-2-12(3-5-13)15-6-7-22-11-19(15)24/h2-8,10-11,24H,9H2,1H3. The number of amides is 1. The number of anilines is 1. The van der Waals surface area contributed by atoms with Crippen molar-refractivity contribution < 1.29 is 9.90 Å². The lowest BCUT2D eigenvalue weighted by atomic mass is 9.98. The number of carbonyl (C=O) groups excluding carboxylic acids is 1. The molecule has 1 aromatic heterocycles. The van der Waals surface area contributed by atoms with Gasteiger partial charge in [-0.3, -0.25) is 9.78 Å². The van der Waals surface area contributed by atoms with Crippen LogP contribution in [0.1, 0.15) is 5.56 Å². The molecule has 4 rings (SSSR count). The summed E-state index contributed by atoms with van der Waals surface area (Å²) in [5.41, 5.74) is 5.35. The zero-order valence-corrected chi connectivity index (χ0v) is 14.3. The Morgan fingerprint density at radius 1 is 1.08 bits per heavy atom. The van der Waals surface area contributed by atoms with Gasteiger partial charge in [0, 0.05) is 30.1 Å². The van der Waals surface area contributed by atoms with Crippen LogP contribution in [0.3, 0.4) is 0 Å². The van der Waals surface area contributed by atoms with Gasteiger partial charge < -0.3 is 10.0 Å². The smallest absolute Gasteiger partial charge is 0.231 e. The van der Waals surface area contributed by atoms with E-state index in [9.17, 15) is 9.90 Å². The molecule has 0 bridgehead atoms. The summed E-state index contributed by atoms with van der Waals surface area (Å²) in [4.78, 5) is 17.4. The SMILES string of the molecule is CN1C(=O)Cc2cc(-c3ccc(-c4ccncc4O)cc3)c(Cl)cc21. The number of hydrogen-bond donors (Lipinski definition) is 1. The fourth-order valence-electron chi connectivity index (χ4n) is 3.16. The minimum Gasteiger partial charge on any atom is -0.506 e. The van der Waals surface area contributed by atoms with Gasteiger partial charge in [-0.15, -0.1) is 0 Å². The minimum absolute atomic E-state index is 0.0757. The van der Waals surface area contributed by atoms with Gasteiger partial charge in [-0.05, 0) is 34.9 Å². The maximum atomic E-state index is 11.9. The van der Waals surface area contributed by atoms with Crippen molar-refractivity contribution in [3.63, 3.8) is 0 Å².